The Kier molecular flexibility index (Phi) is 30.2. The van der Waals surface area contributed by atoms with Crippen LogP contribution in [0.5, 0.6) is 0 Å². The molecule has 2 aliphatic rings. The van der Waals surface area contributed by atoms with E-state index >= 15 is 0 Å². The van der Waals surface area contributed by atoms with Crippen molar-refractivity contribution >= 4 is 5.91 Å². The lowest BCUT2D eigenvalue weighted by Crippen LogP contribution is -2.65. The van der Waals surface area contributed by atoms with Crippen LogP contribution >= 0.6 is 0 Å². The van der Waals surface area contributed by atoms with Crippen molar-refractivity contribution in [1.82, 2.24) is 5.32 Å². The molecular formula is C46H81NO13. The van der Waals surface area contributed by atoms with E-state index in [0.29, 0.717) is 6.42 Å². The first-order valence-corrected chi connectivity index (χ1v) is 22.9. The Morgan fingerprint density at radius 2 is 1.10 bits per heavy atom. The summed E-state index contributed by atoms with van der Waals surface area (Å²) in [7, 11) is 0. The van der Waals surface area contributed by atoms with Crippen LogP contribution < -0.4 is 5.32 Å². The van der Waals surface area contributed by atoms with E-state index < -0.39 is 86.8 Å². The molecule has 2 fully saturated rings. The molecule has 1 amide bonds. The van der Waals surface area contributed by atoms with Crippen molar-refractivity contribution in [2.45, 2.75) is 216 Å². The summed E-state index contributed by atoms with van der Waals surface area (Å²) in [6.45, 7) is 2.61. The largest absolute Gasteiger partial charge is 0.394 e. The minimum atomic E-state index is -1.79. The number of amides is 1. The first-order valence-electron chi connectivity index (χ1n) is 22.9. The van der Waals surface area contributed by atoms with Crippen LogP contribution in [0.4, 0.5) is 0 Å². The standard InChI is InChI=1S/C46H81NO13/c1-3-5-7-9-10-11-12-13-14-15-16-17-18-19-20-21-22-23-24-26-28-30-38(51)47-34(35(50)29-27-25-8-6-4-2)33-57-45-43(56)41(54)44(37(32-49)59-45)60-46-42(55)40(53)39(52)36(31-48)58-46/h12-13,15-16,18-19,27,29,34-37,39-46,48-50,52-56H,3-11,14,17,20-26,28,30-33H2,1-2H3,(H,47,51)/b13-12-,16-15-,19-18-,29-27+. The van der Waals surface area contributed by atoms with Crippen molar-refractivity contribution in [3.63, 3.8) is 0 Å². The first kappa shape index (κ1) is 54.1. The van der Waals surface area contributed by atoms with Crippen LogP contribution in [0.2, 0.25) is 0 Å². The van der Waals surface area contributed by atoms with E-state index in [9.17, 15) is 45.6 Å². The molecule has 9 N–H and O–H groups in total. The van der Waals surface area contributed by atoms with Gasteiger partial charge in [0.2, 0.25) is 5.91 Å². The lowest BCUT2D eigenvalue weighted by Gasteiger charge is -2.46. The van der Waals surface area contributed by atoms with E-state index in [-0.39, 0.29) is 18.9 Å². The molecule has 2 saturated heterocycles. The smallest absolute Gasteiger partial charge is 0.220 e. The van der Waals surface area contributed by atoms with E-state index in [1.807, 2.05) is 6.08 Å². The summed E-state index contributed by atoms with van der Waals surface area (Å²) in [4.78, 5) is 13.0. The molecule has 0 spiro atoms. The number of allylic oxidation sites excluding steroid dienone is 7. The maximum Gasteiger partial charge on any atom is 0.220 e. The molecule has 2 heterocycles. The van der Waals surface area contributed by atoms with Gasteiger partial charge in [0.05, 0.1) is 32.0 Å². The Morgan fingerprint density at radius 1 is 0.600 bits per heavy atom. The number of ether oxygens (including phenoxy) is 4. The molecule has 12 unspecified atom stereocenters. The Balaban J connectivity index is 1.76. The van der Waals surface area contributed by atoms with Gasteiger partial charge in [0.15, 0.2) is 12.6 Å². The number of rotatable bonds is 33. The Hall–Kier alpha value is -2.05. The van der Waals surface area contributed by atoms with Crippen LogP contribution in [0, 0.1) is 0 Å². The van der Waals surface area contributed by atoms with Gasteiger partial charge in [-0.1, -0.05) is 127 Å². The third-order valence-electron chi connectivity index (χ3n) is 11.0. The average molecular weight is 856 g/mol. The van der Waals surface area contributed by atoms with Gasteiger partial charge in [-0.05, 0) is 57.8 Å². The maximum atomic E-state index is 13.0. The monoisotopic (exact) mass is 856 g/mol. The average Bonchev–Trinajstić information content (AvgIpc) is 3.24. The summed E-state index contributed by atoms with van der Waals surface area (Å²) in [5.74, 6) is -0.263. The normalized spacial score (nSPS) is 28.7. The summed E-state index contributed by atoms with van der Waals surface area (Å²) >= 11 is 0. The number of carbonyl (C=O) groups excluding carboxylic acids is 1. The van der Waals surface area contributed by atoms with E-state index in [1.54, 1.807) is 6.08 Å². The summed E-state index contributed by atoms with van der Waals surface area (Å²) in [5.41, 5.74) is 0. The molecule has 0 aromatic carbocycles. The number of aliphatic hydroxyl groups excluding tert-OH is 8. The lowest BCUT2D eigenvalue weighted by molar-refractivity contribution is -0.359. The number of nitrogens with one attached hydrogen (secondary N) is 1. The fourth-order valence-electron chi connectivity index (χ4n) is 7.18. The van der Waals surface area contributed by atoms with Gasteiger partial charge < -0.3 is 65.1 Å². The summed E-state index contributed by atoms with van der Waals surface area (Å²) in [6, 6.07) is -0.918. The highest BCUT2D eigenvalue weighted by Gasteiger charge is 2.50. The molecule has 0 bridgehead atoms. The Labute approximate surface area is 359 Å². The van der Waals surface area contributed by atoms with E-state index in [1.165, 1.54) is 38.5 Å². The molecule has 0 aromatic heterocycles. The zero-order valence-electron chi connectivity index (χ0n) is 36.4. The van der Waals surface area contributed by atoms with Crippen LogP contribution in [0.15, 0.2) is 48.6 Å². The second kappa shape index (κ2) is 33.5. The topological polar surface area (TPSA) is 228 Å². The molecule has 2 aliphatic heterocycles. The molecule has 60 heavy (non-hydrogen) atoms. The number of aliphatic hydroxyl groups is 8. The van der Waals surface area contributed by atoms with Crippen LogP contribution in [0.1, 0.15) is 142 Å². The summed E-state index contributed by atoms with van der Waals surface area (Å²) in [5, 5.41) is 86.0. The summed E-state index contributed by atoms with van der Waals surface area (Å²) < 4.78 is 22.5. The van der Waals surface area contributed by atoms with Crippen molar-refractivity contribution in [2.75, 3.05) is 19.8 Å². The lowest BCUT2D eigenvalue weighted by atomic mass is 9.97. The molecule has 12 atom stereocenters. The van der Waals surface area contributed by atoms with Crippen LogP contribution in [0.3, 0.4) is 0 Å². The van der Waals surface area contributed by atoms with Gasteiger partial charge in [0.25, 0.3) is 0 Å². The zero-order valence-corrected chi connectivity index (χ0v) is 36.4. The highest BCUT2D eigenvalue weighted by molar-refractivity contribution is 5.76. The van der Waals surface area contributed by atoms with Gasteiger partial charge in [-0.25, -0.2) is 0 Å². The third kappa shape index (κ3) is 21.4. The Bertz CT molecular complexity index is 1200. The third-order valence-corrected chi connectivity index (χ3v) is 11.0. The van der Waals surface area contributed by atoms with Crippen molar-refractivity contribution < 1.29 is 64.6 Å². The van der Waals surface area contributed by atoms with Crippen molar-refractivity contribution in [3.05, 3.63) is 48.6 Å². The SMILES string of the molecule is CCCCC/C=C/C(O)C(COC1OC(CO)C(OC2OC(CO)C(O)C(O)C2O)C(O)C1O)NC(=O)CCCCCCCC/C=C\C/C=C\C/C=C\CCCCCCC. The molecule has 2 rings (SSSR count). The quantitative estimate of drug-likeness (QED) is 0.0327. The zero-order chi connectivity index (χ0) is 44.0. The predicted octanol–water partition coefficient (Wildman–Crippen LogP) is 4.54. The molecule has 0 aromatic rings. The minimum absolute atomic E-state index is 0.263. The first-order chi connectivity index (χ1) is 29.1. The predicted molar refractivity (Wildman–Crippen MR) is 231 cm³/mol. The van der Waals surface area contributed by atoms with Gasteiger partial charge in [-0.2, -0.15) is 0 Å². The molecule has 0 saturated carbocycles. The highest BCUT2D eigenvalue weighted by Crippen LogP contribution is 2.30. The Morgan fingerprint density at radius 3 is 1.72 bits per heavy atom. The summed E-state index contributed by atoms with van der Waals surface area (Å²) in [6.07, 6.45) is 20.8. The minimum Gasteiger partial charge on any atom is -0.394 e. The molecule has 348 valence electrons. The van der Waals surface area contributed by atoms with Crippen molar-refractivity contribution in [2.24, 2.45) is 0 Å². The van der Waals surface area contributed by atoms with E-state index in [0.717, 1.165) is 77.0 Å². The fraction of sp³-hybridized carbons (Fsp3) is 0.804. The molecule has 14 nitrogen and oxygen atoms in total. The molecule has 14 heteroatoms. The molecular weight excluding hydrogens is 774 g/mol. The van der Waals surface area contributed by atoms with Crippen molar-refractivity contribution in [3.8, 4) is 0 Å². The maximum absolute atomic E-state index is 13.0. The number of hydrogen-bond acceptors (Lipinski definition) is 13. The fourth-order valence-corrected chi connectivity index (χ4v) is 7.18. The van der Waals surface area contributed by atoms with E-state index in [2.05, 4.69) is 55.6 Å². The second-order valence-electron chi connectivity index (χ2n) is 16.2. The highest BCUT2D eigenvalue weighted by atomic mass is 16.7. The van der Waals surface area contributed by atoms with Gasteiger partial charge >= 0.3 is 0 Å². The van der Waals surface area contributed by atoms with Crippen LogP contribution in [0.25, 0.3) is 0 Å². The van der Waals surface area contributed by atoms with Gasteiger partial charge in [0, 0.05) is 6.42 Å². The van der Waals surface area contributed by atoms with Gasteiger partial charge in [0.1, 0.15) is 48.8 Å². The van der Waals surface area contributed by atoms with Crippen LogP contribution in [-0.4, -0.2) is 140 Å². The van der Waals surface area contributed by atoms with Gasteiger partial charge in [-0.15, -0.1) is 0 Å². The van der Waals surface area contributed by atoms with Gasteiger partial charge in [-0.3, -0.25) is 4.79 Å². The second-order valence-corrected chi connectivity index (χ2v) is 16.2. The van der Waals surface area contributed by atoms with Crippen LogP contribution in [-0.2, 0) is 23.7 Å². The van der Waals surface area contributed by atoms with Crippen molar-refractivity contribution in [1.29, 1.82) is 0 Å². The number of carbonyl (C=O) groups is 1. The number of unbranched alkanes of at least 4 members (excludes halogenated alkanes) is 14. The van der Waals surface area contributed by atoms with E-state index in [4.69, 9.17) is 18.9 Å². The molecule has 0 aliphatic carbocycles. The molecule has 0 radical (unpaired) electrons. The number of hydrogen-bond donors (Lipinski definition) is 9.